The number of methoxy groups -OCH3 is 1. The molecule has 1 N–H and O–H groups in total. The molecule has 118 valence electrons. The van der Waals surface area contributed by atoms with Crippen molar-refractivity contribution in [1.29, 1.82) is 0 Å². The van der Waals surface area contributed by atoms with Crippen molar-refractivity contribution in [1.82, 2.24) is 14.9 Å². The van der Waals surface area contributed by atoms with Crippen LogP contribution in [0.15, 0.2) is 30.9 Å². The van der Waals surface area contributed by atoms with Gasteiger partial charge in [0.25, 0.3) is 0 Å². The fourth-order valence-corrected chi connectivity index (χ4v) is 2.87. The maximum absolute atomic E-state index is 5.84. The first-order valence-corrected chi connectivity index (χ1v) is 7.71. The quantitative estimate of drug-likeness (QED) is 0.890. The van der Waals surface area contributed by atoms with Gasteiger partial charge in [-0.3, -0.25) is 0 Å². The minimum Gasteiger partial charge on any atom is -0.496 e. The normalized spacial score (nSPS) is 17.9. The predicted octanol–water partition coefficient (Wildman–Crippen LogP) is 2.39. The van der Waals surface area contributed by atoms with Gasteiger partial charge in [0.05, 0.1) is 13.4 Å². The van der Waals surface area contributed by atoms with Crippen LogP contribution in [-0.4, -0.2) is 28.8 Å². The third kappa shape index (κ3) is 3.25. The molecule has 0 unspecified atom stereocenters. The van der Waals surface area contributed by atoms with Gasteiger partial charge < -0.3 is 19.4 Å². The molecule has 5 heteroatoms. The molecule has 0 amide bonds. The van der Waals surface area contributed by atoms with Gasteiger partial charge in [-0.1, -0.05) is 0 Å². The van der Waals surface area contributed by atoms with Crippen molar-refractivity contribution in [3.8, 4) is 11.5 Å². The molecule has 2 aromatic rings. The molecule has 0 saturated heterocycles. The van der Waals surface area contributed by atoms with Crippen LogP contribution in [0.4, 0.5) is 0 Å². The number of imidazole rings is 1. The first-order valence-electron chi connectivity index (χ1n) is 7.71. The average Bonchev–Trinajstić information content (AvgIpc) is 3.11. The van der Waals surface area contributed by atoms with Crippen LogP contribution < -0.4 is 14.8 Å². The summed E-state index contributed by atoms with van der Waals surface area (Å²) in [6.07, 6.45) is 6.82. The Balaban J connectivity index is 1.66. The summed E-state index contributed by atoms with van der Waals surface area (Å²) in [5.41, 5.74) is 2.37. The Labute approximate surface area is 131 Å². The summed E-state index contributed by atoms with van der Waals surface area (Å²) in [7, 11) is 1.72. The standard InChI is InChI=1S/C17H23N3O2/c1-12(10-20-5-4-18-11-20)19-9-15-8-17-14(6-13(2)22-17)7-16(15)21-3/h4-5,7-8,11-13,19H,6,9-10H2,1-3H3/t12-,13-/m1/s1. The van der Waals surface area contributed by atoms with Crippen molar-refractivity contribution in [2.24, 2.45) is 0 Å². The highest BCUT2D eigenvalue weighted by atomic mass is 16.5. The van der Waals surface area contributed by atoms with E-state index < -0.39 is 0 Å². The first kappa shape index (κ1) is 14.9. The molecule has 3 rings (SSSR count). The summed E-state index contributed by atoms with van der Waals surface area (Å²) >= 11 is 0. The highest BCUT2D eigenvalue weighted by molar-refractivity contribution is 5.48. The predicted molar refractivity (Wildman–Crippen MR) is 85.3 cm³/mol. The summed E-state index contributed by atoms with van der Waals surface area (Å²) in [5.74, 6) is 1.92. The van der Waals surface area contributed by atoms with E-state index in [1.165, 1.54) is 5.56 Å². The van der Waals surface area contributed by atoms with E-state index in [4.69, 9.17) is 9.47 Å². The zero-order valence-electron chi connectivity index (χ0n) is 13.4. The van der Waals surface area contributed by atoms with E-state index >= 15 is 0 Å². The van der Waals surface area contributed by atoms with Crippen molar-refractivity contribution >= 4 is 0 Å². The Morgan fingerprint density at radius 3 is 3.09 bits per heavy atom. The van der Waals surface area contributed by atoms with Gasteiger partial charge in [-0.25, -0.2) is 4.98 Å². The molecule has 0 saturated carbocycles. The zero-order chi connectivity index (χ0) is 15.5. The van der Waals surface area contributed by atoms with Crippen molar-refractivity contribution in [3.63, 3.8) is 0 Å². The Morgan fingerprint density at radius 2 is 2.36 bits per heavy atom. The Morgan fingerprint density at radius 1 is 1.50 bits per heavy atom. The summed E-state index contributed by atoms with van der Waals surface area (Å²) in [5, 5.41) is 3.53. The van der Waals surface area contributed by atoms with Crippen LogP contribution in [0.1, 0.15) is 25.0 Å². The lowest BCUT2D eigenvalue weighted by molar-refractivity contribution is 0.254. The average molecular weight is 301 g/mol. The molecule has 1 aliphatic heterocycles. The van der Waals surface area contributed by atoms with E-state index in [2.05, 4.69) is 40.8 Å². The maximum atomic E-state index is 5.84. The molecule has 0 fully saturated rings. The van der Waals surface area contributed by atoms with Crippen LogP contribution in [0.2, 0.25) is 0 Å². The van der Waals surface area contributed by atoms with Gasteiger partial charge in [0, 0.05) is 49.1 Å². The molecule has 0 aliphatic carbocycles. The van der Waals surface area contributed by atoms with E-state index in [9.17, 15) is 0 Å². The number of rotatable bonds is 6. The fourth-order valence-electron chi connectivity index (χ4n) is 2.87. The van der Waals surface area contributed by atoms with Crippen LogP contribution in [0.25, 0.3) is 0 Å². The van der Waals surface area contributed by atoms with E-state index in [-0.39, 0.29) is 6.10 Å². The third-order valence-electron chi connectivity index (χ3n) is 3.98. The van der Waals surface area contributed by atoms with E-state index in [0.717, 1.165) is 36.6 Å². The van der Waals surface area contributed by atoms with Crippen LogP contribution in [0.3, 0.4) is 0 Å². The van der Waals surface area contributed by atoms with Gasteiger partial charge in [-0.05, 0) is 26.0 Å². The number of aromatic nitrogens is 2. The van der Waals surface area contributed by atoms with Crippen LogP contribution >= 0.6 is 0 Å². The maximum Gasteiger partial charge on any atom is 0.123 e. The number of nitrogens with zero attached hydrogens (tertiary/aromatic N) is 2. The molecule has 2 heterocycles. The number of hydrogen-bond donors (Lipinski definition) is 1. The molecule has 1 aromatic carbocycles. The number of ether oxygens (including phenoxy) is 2. The molecule has 0 radical (unpaired) electrons. The highest BCUT2D eigenvalue weighted by Crippen LogP contribution is 2.34. The van der Waals surface area contributed by atoms with Crippen LogP contribution in [0.5, 0.6) is 11.5 Å². The van der Waals surface area contributed by atoms with Crippen LogP contribution in [-0.2, 0) is 19.5 Å². The molecular formula is C17H23N3O2. The van der Waals surface area contributed by atoms with Crippen molar-refractivity contribution < 1.29 is 9.47 Å². The van der Waals surface area contributed by atoms with Crippen molar-refractivity contribution in [2.45, 2.75) is 45.5 Å². The van der Waals surface area contributed by atoms with Gasteiger partial charge in [-0.2, -0.15) is 0 Å². The molecular weight excluding hydrogens is 278 g/mol. The van der Waals surface area contributed by atoms with Crippen molar-refractivity contribution in [3.05, 3.63) is 42.0 Å². The molecule has 1 aromatic heterocycles. The lowest BCUT2D eigenvalue weighted by Gasteiger charge is -2.16. The minimum absolute atomic E-state index is 0.253. The number of benzene rings is 1. The molecule has 1 aliphatic rings. The van der Waals surface area contributed by atoms with E-state index in [1.54, 1.807) is 13.3 Å². The smallest absolute Gasteiger partial charge is 0.123 e. The molecule has 2 atom stereocenters. The molecule has 0 spiro atoms. The lowest BCUT2D eigenvalue weighted by atomic mass is 10.1. The summed E-state index contributed by atoms with van der Waals surface area (Å²) in [4.78, 5) is 4.07. The summed E-state index contributed by atoms with van der Waals surface area (Å²) < 4.78 is 13.4. The molecule has 5 nitrogen and oxygen atoms in total. The Kier molecular flexibility index (Phi) is 4.34. The monoisotopic (exact) mass is 301 g/mol. The highest BCUT2D eigenvalue weighted by Gasteiger charge is 2.21. The topological polar surface area (TPSA) is 48.3 Å². The minimum atomic E-state index is 0.253. The first-order chi connectivity index (χ1) is 10.7. The number of fused-ring (bicyclic) bond motifs is 1. The molecule has 22 heavy (non-hydrogen) atoms. The second-order valence-electron chi connectivity index (χ2n) is 5.95. The van der Waals surface area contributed by atoms with Gasteiger partial charge in [0.15, 0.2) is 0 Å². The third-order valence-corrected chi connectivity index (χ3v) is 3.98. The fraction of sp³-hybridized carbons (Fsp3) is 0.471. The largest absolute Gasteiger partial charge is 0.496 e. The summed E-state index contributed by atoms with van der Waals surface area (Å²) in [6.45, 7) is 5.90. The van der Waals surface area contributed by atoms with E-state index in [1.807, 2.05) is 12.5 Å². The van der Waals surface area contributed by atoms with Gasteiger partial charge in [-0.15, -0.1) is 0 Å². The van der Waals surface area contributed by atoms with Gasteiger partial charge in [0.1, 0.15) is 17.6 Å². The lowest BCUT2D eigenvalue weighted by Crippen LogP contribution is -2.29. The second-order valence-corrected chi connectivity index (χ2v) is 5.95. The number of hydrogen-bond acceptors (Lipinski definition) is 4. The second kappa shape index (κ2) is 6.40. The Bertz CT molecular complexity index is 625. The Hall–Kier alpha value is -2.01. The SMILES string of the molecule is COc1cc2c(cc1CN[C@H](C)Cn1ccnc1)O[C@H](C)C2. The van der Waals surface area contributed by atoms with Gasteiger partial charge in [0.2, 0.25) is 0 Å². The molecule has 0 bridgehead atoms. The van der Waals surface area contributed by atoms with Gasteiger partial charge >= 0.3 is 0 Å². The van der Waals surface area contributed by atoms with Crippen LogP contribution in [0, 0.1) is 0 Å². The number of nitrogens with one attached hydrogen (secondary N) is 1. The summed E-state index contributed by atoms with van der Waals surface area (Å²) in [6, 6.07) is 4.55. The zero-order valence-corrected chi connectivity index (χ0v) is 13.4. The van der Waals surface area contributed by atoms with E-state index in [0.29, 0.717) is 6.04 Å². The van der Waals surface area contributed by atoms with Crippen molar-refractivity contribution in [2.75, 3.05) is 7.11 Å².